The lowest BCUT2D eigenvalue weighted by atomic mass is 10.0. The van der Waals surface area contributed by atoms with Gasteiger partial charge in [-0.05, 0) is 32.0 Å². The molecule has 0 fully saturated rings. The van der Waals surface area contributed by atoms with Gasteiger partial charge in [0.1, 0.15) is 5.75 Å². The number of phenolic OH excluding ortho intramolecular Hbond substituents is 1. The van der Waals surface area contributed by atoms with E-state index in [1.54, 1.807) is 13.1 Å². The van der Waals surface area contributed by atoms with Crippen molar-refractivity contribution in [2.24, 2.45) is 0 Å². The van der Waals surface area contributed by atoms with E-state index in [0.29, 0.717) is 12.1 Å². The molecule has 78 valence electrons. The van der Waals surface area contributed by atoms with Crippen LogP contribution in [0.25, 0.3) is 0 Å². The van der Waals surface area contributed by atoms with Crippen LogP contribution in [0.2, 0.25) is 0 Å². The molecule has 0 heterocycles. The highest BCUT2D eigenvalue weighted by Gasteiger charge is 2.13. The second-order valence-corrected chi connectivity index (χ2v) is 3.52. The van der Waals surface area contributed by atoms with Crippen LogP contribution in [0, 0.1) is 13.8 Å². The first-order chi connectivity index (χ1) is 6.57. The average Bonchev–Trinajstić information content (AvgIpc) is 2.15. The summed E-state index contributed by atoms with van der Waals surface area (Å²) in [6, 6.07) is 3.67. The van der Waals surface area contributed by atoms with E-state index in [9.17, 15) is 10.2 Å². The molecule has 1 unspecified atom stereocenters. The Morgan fingerprint density at radius 3 is 2.57 bits per heavy atom. The van der Waals surface area contributed by atoms with Crippen LogP contribution in [0.3, 0.4) is 0 Å². The number of phenols is 1. The highest BCUT2D eigenvalue weighted by Crippen LogP contribution is 2.29. The minimum Gasteiger partial charge on any atom is -0.507 e. The van der Waals surface area contributed by atoms with Gasteiger partial charge in [-0.2, -0.15) is 0 Å². The van der Waals surface area contributed by atoms with Crippen LogP contribution in [0.15, 0.2) is 12.1 Å². The minimum absolute atomic E-state index is 0.202. The largest absolute Gasteiger partial charge is 0.507 e. The summed E-state index contributed by atoms with van der Waals surface area (Å²) in [5, 5.41) is 22.3. The number of benzene rings is 1. The van der Waals surface area contributed by atoms with Crippen molar-refractivity contribution < 1.29 is 10.2 Å². The van der Waals surface area contributed by atoms with Crippen molar-refractivity contribution in [3.05, 3.63) is 28.8 Å². The van der Waals surface area contributed by atoms with Crippen LogP contribution in [-0.2, 0) is 0 Å². The van der Waals surface area contributed by atoms with Crippen molar-refractivity contribution in [2.75, 3.05) is 13.6 Å². The molecule has 0 aliphatic rings. The molecule has 0 aliphatic heterocycles. The number of likely N-dealkylation sites (N-methyl/N-ethyl adjacent to an activating group) is 1. The van der Waals surface area contributed by atoms with Gasteiger partial charge in [0.25, 0.3) is 0 Å². The number of hydrogen-bond donors (Lipinski definition) is 3. The van der Waals surface area contributed by atoms with E-state index in [4.69, 9.17) is 0 Å². The van der Waals surface area contributed by atoms with E-state index >= 15 is 0 Å². The topological polar surface area (TPSA) is 52.5 Å². The summed E-state index contributed by atoms with van der Waals surface area (Å²) >= 11 is 0. The smallest absolute Gasteiger partial charge is 0.124 e. The Hall–Kier alpha value is -1.06. The Balaban J connectivity index is 3.04. The van der Waals surface area contributed by atoms with Crippen molar-refractivity contribution in [3.8, 4) is 5.75 Å². The third kappa shape index (κ3) is 2.05. The van der Waals surface area contributed by atoms with Crippen LogP contribution < -0.4 is 5.32 Å². The quantitative estimate of drug-likeness (QED) is 0.680. The molecule has 1 aromatic rings. The zero-order valence-electron chi connectivity index (χ0n) is 8.83. The summed E-state index contributed by atoms with van der Waals surface area (Å²) in [5.41, 5.74) is 2.45. The first-order valence-electron chi connectivity index (χ1n) is 4.69. The SMILES string of the molecule is CNCC(O)c1ccc(C)c(C)c1O. The Morgan fingerprint density at radius 2 is 2.00 bits per heavy atom. The second-order valence-electron chi connectivity index (χ2n) is 3.52. The van der Waals surface area contributed by atoms with Crippen LogP contribution in [0.4, 0.5) is 0 Å². The fourth-order valence-corrected chi connectivity index (χ4v) is 1.39. The van der Waals surface area contributed by atoms with Crippen molar-refractivity contribution in [2.45, 2.75) is 20.0 Å². The standard InChI is InChI=1S/C11H17NO2/c1-7-4-5-9(10(13)6-12-3)11(14)8(7)2/h4-5,10,12-14H,6H2,1-3H3. The Labute approximate surface area is 84.4 Å². The number of hydrogen-bond acceptors (Lipinski definition) is 3. The average molecular weight is 195 g/mol. The van der Waals surface area contributed by atoms with E-state index in [-0.39, 0.29) is 5.75 Å². The summed E-state index contributed by atoms with van der Waals surface area (Å²) in [4.78, 5) is 0. The molecule has 0 radical (unpaired) electrons. The van der Waals surface area contributed by atoms with Crippen molar-refractivity contribution in [1.29, 1.82) is 0 Å². The van der Waals surface area contributed by atoms with Gasteiger partial charge >= 0.3 is 0 Å². The highest BCUT2D eigenvalue weighted by molar-refractivity contribution is 5.45. The minimum atomic E-state index is -0.653. The summed E-state index contributed by atoms with van der Waals surface area (Å²) < 4.78 is 0. The number of nitrogens with one attached hydrogen (secondary N) is 1. The zero-order chi connectivity index (χ0) is 10.7. The van der Waals surface area contributed by atoms with Crippen molar-refractivity contribution in [3.63, 3.8) is 0 Å². The van der Waals surface area contributed by atoms with Crippen molar-refractivity contribution >= 4 is 0 Å². The first kappa shape index (κ1) is 11.0. The van der Waals surface area contributed by atoms with Gasteiger partial charge in [-0.15, -0.1) is 0 Å². The number of rotatable bonds is 3. The lowest BCUT2D eigenvalue weighted by Crippen LogP contribution is -2.17. The van der Waals surface area contributed by atoms with E-state index in [2.05, 4.69) is 5.32 Å². The van der Waals surface area contributed by atoms with Gasteiger partial charge in [-0.3, -0.25) is 0 Å². The molecule has 1 atom stereocenters. The molecular formula is C11H17NO2. The maximum absolute atomic E-state index is 9.79. The molecule has 0 bridgehead atoms. The fourth-order valence-electron chi connectivity index (χ4n) is 1.39. The van der Waals surface area contributed by atoms with Gasteiger partial charge in [0, 0.05) is 12.1 Å². The fraction of sp³-hybridized carbons (Fsp3) is 0.455. The lowest BCUT2D eigenvalue weighted by Gasteiger charge is -2.14. The number of aromatic hydroxyl groups is 1. The molecule has 3 N–H and O–H groups in total. The Kier molecular flexibility index (Phi) is 3.49. The predicted octanol–water partition coefficient (Wildman–Crippen LogP) is 1.26. The van der Waals surface area contributed by atoms with Gasteiger partial charge in [0.05, 0.1) is 6.10 Å². The summed E-state index contributed by atoms with van der Waals surface area (Å²) in [6.45, 7) is 4.22. The van der Waals surface area contributed by atoms with Gasteiger partial charge in [-0.1, -0.05) is 12.1 Å². The van der Waals surface area contributed by atoms with Crippen LogP contribution in [0.5, 0.6) is 5.75 Å². The third-order valence-electron chi connectivity index (χ3n) is 2.49. The van der Waals surface area contributed by atoms with E-state index in [1.165, 1.54) is 0 Å². The van der Waals surface area contributed by atoms with Gasteiger partial charge in [-0.25, -0.2) is 0 Å². The molecule has 0 aromatic heterocycles. The zero-order valence-corrected chi connectivity index (χ0v) is 8.83. The number of aliphatic hydroxyl groups excluding tert-OH is 1. The van der Waals surface area contributed by atoms with E-state index in [0.717, 1.165) is 11.1 Å². The molecule has 14 heavy (non-hydrogen) atoms. The molecule has 0 aliphatic carbocycles. The third-order valence-corrected chi connectivity index (χ3v) is 2.49. The second kappa shape index (κ2) is 4.44. The first-order valence-corrected chi connectivity index (χ1v) is 4.69. The highest BCUT2D eigenvalue weighted by atomic mass is 16.3. The maximum atomic E-state index is 9.79. The van der Waals surface area contributed by atoms with Crippen LogP contribution in [0.1, 0.15) is 22.8 Å². The summed E-state index contributed by atoms with van der Waals surface area (Å²) in [5.74, 6) is 0.202. The molecule has 0 spiro atoms. The van der Waals surface area contributed by atoms with E-state index in [1.807, 2.05) is 19.9 Å². The van der Waals surface area contributed by atoms with Gasteiger partial charge < -0.3 is 15.5 Å². The lowest BCUT2D eigenvalue weighted by molar-refractivity contribution is 0.174. The van der Waals surface area contributed by atoms with Gasteiger partial charge in [0.15, 0.2) is 0 Å². The number of aryl methyl sites for hydroxylation is 1. The Bertz CT molecular complexity index is 323. The molecule has 3 nitrogen and oxygen atoms in total. The van der Waals surface area contributed by atoms with Crippen LogP contribution in [-0.4, -0.2) is 23.8 Å². The molecule has 3 heteroatoms. The Morgan fingerprint density at radius 1 is 1.36 bits per heavy atom. The number of aliphatic hydroxyl groups is 1. The maximum Gasteiger partial charge on any atom is 0.124 e. The molecule has 1 aromatic carbocycles. The summed E-state index contributed by atoms with van der Waals surface area (Å²) in [6.07, 6.45) is -0.653. The molecular weight excluding hydrogens is 178 g/mol. The molecule has 1 rings (SSSR count). The molecule has 0 saturated carbocycles. The molecule has 0 saturated heterocycles. The van der Waals surface area contributed by atoms with Gasteiger partial charge in [0.2, 0.25) is 0 Å². The van der Waals surface area contributed by atoms with Crippen LogP contribution >= 0.6 is 0 Å². The van der Waals surface area contributed by atoms with Crippen molar-refractivity contribution in [1.82, 2.24) is 5.32 Å². The monoisotopic (exact) mass is 195 g/mol. The predicted molar refractivity (Wildman–Crippen MR) is 56.5 cm³/mol. The summed E-state index contributed by atoms with van der Waals surface area (Å²) in [7, 11) is 1.77. The molecule has 0 amide bonds. The van der Waals surface area contributed by atoms with E-state index < -0.39 is 6.10 Å². The normalized spacial score (nSPS) is 12.9.